The molecule has 0 bridgehead atoms. The Balaban J connectivity index is 3.59. The molecule has 0 aliphatic rings. The molecule has 1 amide bonds. The Bertz CT molecular complexity index is 130. The maximum Gasteiger partial charge on any atom is 0.407 e. The van der Waals surface area contributed by atoms with Crippen molar-refractivity contribution in [3.63, 3.8) is 0 Å². The van der Waals surface area contributed by atoms with E-state index in [-0.39, 0.29) is 6.04 Å². The lowest BCUT2D eigenvalue weighted by atomic mass is 10.3. The van der Waals surface area contributed by atoms with Crippen molar-refractivity contribution in [2.45, 2.75) is 13.0 Å². The standard InChI is InChI=1S/C7H16N2O3/c1-3-12-5-6(4-8)9-7(10)11-2/h6H,3-5,8H2,1-2H3,(H,9,10)/t6-/m1/s1. The molecule has 0 radical (unpaired) electrons. The predicted molar refractivity (Wildman–Crippen MR) is 44.9 cm³/mol. The molecule has 0 aromatic rings. The summed E-state index contributed by atoms with van der Waals surface area (Å²) in [6, 6.07) is -0.169. The van der Waals surface area contributed by atoms with Crippen LogP contribution in [0.5, 0.6) is 0 Å². The van der Waals surface area contributed by atoms with Gasteiger partial charge >= 0.3 is 6.09 Å². The highest BCUT2D eigenvalue weighted by molar-refractivity contribution is 5.67. The summed E-state index contributed by atoms with van der Waals surface area (Å²) >= 11 is 0. The topological polar surface area (TPSA) is 73.6 Å². The van der Waals surface area contributed by atoms with Gasteiger partial charge in [-0.1, -0.05) is 0 Å². The molecule has 72 valence electrons. The molecule has 0 rings (SSSR count). The summed E-state index contributed by atoms with van der Waals surface area (Å²) in [7, 11) is 1.31. The number of hydrogen-bond acceptors (Lipinski definition) is 4. The molecule has 0 aliphatic heterocycles. The third-order valence-corrected chi connectivity index (χ3v) is 1.32. The zero-order chi connectivity index (χ0) is 9.40. The molecule has 0 unspecified atom stereocenters. The van der Waals surface area contributed by atoms with Gasteiger partial charge in [0.15, 0.2) is 0 Å². The van der Waals surface area contributed by atoms with E-state index >= 15 is 0 Å². The van der Waals surface area contributed by atoms with Gasteiger partial charge in [-0.2, -0.15) is 0 Å². The molecule has 3 N–H and O–H groups in total. The number of nitrogens with one attached hydrogen (secondary N) is 1. The maximum atomic E-state index is 10.7. The van der Waals surface area contributed by atoms with E-state index in [1.165, 1.54) is 7.11 Å². The van der Waals surface area contributed by atoms with Gasteiger partial charge in [-0.05, 0) is 6.92 Å². The second-order valence-electron chi connectivity index (χ2n) is 2.23. The highest BCUT2D eigenvalue weighted by atomic mass is 16.5. The minimum absolute atomic E-state index is 0.169. The minimum Gasteiger partial charge on any atom is -0.453 e. The van der Waals surface area contributed by atoms with Crippen molar-refractivity contribution in [1.82, 2.24) is 5.32 Å². The van der Waals surface area contributed by atoms with E-state index in [2.05, 4.69) is 10.1 Å². The monoisotopic (exact) mass is 176 g/mol. The second-order valence-corrected chi connectivity index (χ2v) is 2.23. The first-order valence-corrected chi connectivity index (χ1v) is 3.86. The highest BCUT2D eigenvalue weighted by Crippen LogP contribution is 1.84. The van der Waals surface area contributed by atoms with Gasteiger partial charge < -0.3 is 20.5 Å². The fourth-order valence-electron chi connectivity index (χ4n) is 0.654. The number of ether oxygens (including phenoxy) is 2. The molecule has 0 saturated carbocycles. The van der Waals surface area contributed by atoms with Crippen LogP contribution >= 0.6 is 0 Å². The lowest BCUT2D eigenvalue weighted by Gasteiger charge is -2.14. The first-order chi connectivity index (χ1) is 5.74. The van der Waals surface area contributed by atoms with Crippen LogP contribution in [0.3, 0.4) is 0 Å². The van der Waals surface area contributed by atoms with E-state index < -0.39 is 6.09 Å². The number of nitrogens with two attached hydrogens (primary N) is 1. The number of carbonyl (C=O) groups is 1. The van der Waals surface area contributed by atoms with Crippen molar-refractivity contribution in [3.8, 4) is 0 Å². The Kier molecular flexibility index (Phi) is 6.41. The third-order valence-electron chi connectivity index (χ3n) is 1.32. The van der Waals surface area contributed by atoms with Crippen LogP contribution in [0.15, 0.2) is 0 Å². The van der Waals surface area contributed by atoms with E-state index in [1.54, 1.807) is 0 Å². The lowest BCUT2D eigenvalue weighted by Crippen LogP contribution is -2.43. The van der Waals surface area contributed by atoms with Gasteiger partial charge in [-0.15, -0.1) is 0 Å². The summed E-state index contributed by atoms with van der Waals surface area (Å²) in [5.74, 6) is 0. The van der Waals surface area contributed by atoms with Crippen molar-refractivity contribution in [3.05, 3.63) is 0 Å². The maximum absolute atomic E-state index is 10.7. The van der Waals surface area contributed by atoms with Crippen LogP contribution < -0.4 is 11.1 Å². The number of methoxy groups -OCH3 is 1. The van der Waals surface area contributed by atoms with Crippen LogP contribution in [0.2, 0.25) is 0 Å². The van der Waals surface area contributed by atoms with Crippen LogP contribution in [0.25, 0.3) is 0 Å². The molecule has 0 aliphatic carbocycles. The molecule has 1 atom stereocenters. The first-order valence-electron chi connectivity index (χ1n) is 3.86. The van der Waals surface area contributed by atoms with Gasteiger partial charge in [-0.3, -0.25) is 0 Å². The van der Waals surface area contributed by atoms with Gasteiger partial charge in [0.2, 0.25) is 0 Å². The summed E-state index contributed by atoms with van der Waals surface area (Å²) < 4.78 is 9.48. The Hall–Kier alpha value is -0.810. The first kappa shape index (κ1) is 11.2. The molecule has 0 spiro atoms. The lowest BCUT2D eigenvalue weighted by molar-refractivity contribution is 0.116. The normalized spacial score (nSPS) is 12.2. The predicted octanol–water partition coefficient (Wildman–Crippen LogP) is -0.294. The number of carbonyl (C=O) groups excluding carboxylic acids is 1. The summed E-state index contributed by atoms with van der Waals surface area (Å²) in [6.07, 6.45) is -0.481. The molecule has 5 heteroatoms. The van der Waals surface area contributed by atoms with E-state index in [4.69, 9.17) is 10.5 Å². The zero-order valence-electron chi connectivity index (χ0n) is 7.50. The fourth-order valence-corrected chi connectivity index (χ4v) is 0.654. The molecular weight excluding hydrogens is 160 g/mol. The van der Waals surface area contributed by atoms with Gasteiger partial charge in [-0.25, -0.2) is 4.79 Å². The van der Waals surface area contributed by atoms with E-state index in [9.17, 15) is 4.79 Å². The zero-order valence-corrected chi connectivity index (χ0v) is 7.50. The van der Waals surface area contributed by atoms with Crippen molar-refractivity contribution in [2.24, 2.45) is 5.73 Å². The van der Waals surface area contributed by atoms with Crippen molar-refractivity contribution in [1.29, 1.82) is 0 Å². The SMILES string of the molecule is CCOC[C@@H](CN)NC(=O)OC. The molecule has 0 heterocycles. The average molecular weight is 176 g/mol. The molecule has 0 aromatic carbocycles. The van der Waals surface area contributed by atoms with Crippen LogP contribution in [0.1, 0.15) is 6.92 Å². The smallest absolute Gasteiger partial charge is 0.407 e. The summed E-state index contributed by atoms with van der Waals surface area (Å²) in [5.41, 5.74) is 5.37. The van der Waals surface area contributed by atoms with Crippen LogP contribution in [0, 0.1) is 0 Å². The Morgan fingerprint density at radius 3 is 2.75 bits per heavy atom. The van der Waals surface area contributed by atoms with Crippen molar-refractivity contribution >= 4 is 6.09 Å². The van der Waals surface area contributed by atoms with E-state index in [0.29, 0.717) is 19.8 Å². The Morgan fingerprint density at radius 2 is 2.33 bits per heavy atom. The molecule has 5 nitrogen and oxygen atoms in total. The highest BCUT2D eigenvalue weighted by Gasteiger charge is 2.09. The molecule has 12 heavy (non-hydrogen) atoms. The fraction of sp³-hybridized carbons (Fsp3) is 0.857. The van der Waals surface area contributed by atoms with E-state index in [1.807, 2.05) is 6.92 Å². The van der Waals surface area contributed by atoms with Gasteiger partial charge in [0, 0.05) is 13.2 Å². The summed E-state index contributed by atoms with van der Waals surface area (Å²) in [4.78, 5) is 10.7. The molecule has 0 saturated heterocycles. The van der Waals surface area contributed by atoms with Gasteiger partial charge in [0.05, 0.1) is 19.8 Å². The van der Waals surface area contributed by atoms with Crippen LogP contribution in [-0.2, 0) is 9.47 Å². The third kappa shape index (κ3) is 4.92. The van der Waals surface area contributed by atoms with Crippen molar-refractivity contribution < 1.29 is 14.3 Å². The number of amides is 1. The second kappa shape index (κ2) is 6.87. The van der Waals surface area contributed by atoms with Crippen LogP contribution in [0.4, 0.5) is 4.79 Å². The number of rotatable bonds is 5. The van der Waals surface area contributed by atoms with Crippen molar-refractivity contribution in [2.75, 3.05) is 26.9 Å². The number of alkyl carbamates (subject to hydrolysis) is 1. The molecule has 0 aromatic heterocycles. The van der Waals surface area contributed by atoms with Crippen LogP contribution in [-0.4, -0.2) is 39.0 Å². The summed E-state index contributed by atoms with van der Waals surface area (Å²) in [6.45, 7) is 3.25. The average Bonchev–Trinajstić information content (AvgIpc) is 2.11. The minimum atomic E-state index is -0.481. The quantitative estimate of drug-likeness (QED) is 0.603. The Labute approximate surface area is 72.2 Å². The summed E-state index contributed by atoms with van der Waals surface area (Å²) in [5, 5.41) is 2.54. The van der Waals surface area contributed by atoms with Gasteiger partial charge in [0.25, 0.3) is 0 Å². The number of hydrogen-bond donors (Lipinski definition) is 2. The van der Waals surface area contributed by atoms with E-state index in [0.717, 1.165) is 0 Å². The Morgan fingerprint density at radius 1 is 1.67 bits per heavy atom. The van der Waals surface area contributed by atoms with Gasteiger partial charge in [0.1, 0.15) is 0 Å². The largest absolute Gasteiger partial charge is 0.453 e. The molecular formula is C7H16N2O3. The molecule has 0 fully saturated rings.